The maximum absolute atomic E-state index is 8.55. The first kappa shape index (κ1) is 16.1. The minimum Gasteiger partial charge on any atom is -0.402 e. The predicted molar refractivity (Wildman–Crippen MR) is 76.0 cm³/mol. The average molecular weight is 252 g/mol. The van der Waals surface area contributed by atoms with Crippen molar-refractivity contribution in [3.8, 4) is 0 Å². The van der Waals surface area contributed by atoms with Gasteiger partial charge < -0.3 is 14.7 Å². The van der Waals surface area contributed by atoms with Crippen LogP contribution in [0.15, 0.2) is 49.7 Å². The summed E-state index contributed by atoms with van der Waals surface area (Å²) in [6, 6.07) is 2.84. The number of hydrogen-bond acceptors (Lipinski definition) is 3. The monoisotopic (exact) mass is 252 g/mol. The fourth-order valence-electron chi connectivity index (χ4n) is 1.76. The molecule has 3 nitrogen and oxygen atoms in total. The first-order valence-electron chi connectivity index (χ1n) is 5.58. The van der Waals surface area contributed by atoms with E-state index in [0.29, 0.717) is 0 Å². The summed E-state index contributed by atoms with van der Waals surface area (Å²) in [7, 11) is -3.36. The number of rotatable bonds is 10. The van der Waals surface area contributed by atoms with Crippen LogP contribution >= 0.6 is 0 Å². The molecule has 0 spiro atoms. The van der Waals surface area contributed by atoms with Gasteiger partial charge in [-0.3, -0.25) is 0 Å². The molecule has 0 amide bonds. The second kappa shape index (κ2) is 9.18. The normalized spacial score (nSPS) is 11.4. The summed E-state index contributed by atoms with van der Waals surface area (Å²) >= 11 is 0. The van der Waals surface area contributed by atoms with Crippen LogP contribution in [0.4, 0.5) is 0 Å². The van der Waals surface area contributed by atoms with Crippen molar-refractivity contribution in [2.24, 2.45) is 0 Å². The average Bonchev–Trinajstić information content (AvgIpc) is 2.25. The minimum atomic E-state index is -1.71. The van der Waals surface area contributed by atoms with Crippen molar-refractivity contribution in [2.75, 3.05) is 6.61 Å². The van der Waals surface area contributed by atoms with E-state index in [0.717, 1.165) is 18.1 Å². The number of hydrogen-bond donors (Lipinski definition) is 2. The molecule has 0 aromatic carbocycles. The van der Waals surface area contributed by atoms with E-state index in [9.17, 15) is 0 Å². The van der Waals surface area contributed by atoms with Crippen LogP contribution in [0.25, 0.3) is 0 Å². The smallest absolute Gasteiger partial charge is 0.402 e. The van der Waals surface area contributed by atoms with Crippen LogP contribution in [-0.2, 0) is 4.65 Å². The summed E-state index contributed by atoms with van der Waals surface area (Å²) in [6.45, 7) is 11.6. The van der Waals surface area contributed by atoms with E-state index in [4.69, 9.17) is 10.0 Å². The second-order valence-electron chi connectivity index (χ2n) is 3.90. The summed E-state index contributed by atoms with van der Waals surface area (Å²) in [4.78, 5) is 0. The van der Waals surface area contributed by atoms with Crippen LogP contribution in [0.5, 0.6) is 0 Å². The highest BCUT2D eigenvalue weighted by atomic mass is 28.3. The molecule has 0 heterocycles. The van der Waals surface area contributed by atoms with Gasteiger partial charge in [0, 0.05) is 0 Å². The van der Waals surface area contributed by atoms with Crippen molar-refractivity contribution >= 4 is 15.4 Å². The summed E-state index contributed by atoms with van der Waals surface area (Å²) in [5.41, 5.74) is 2.14. The molecule has 0 aromatic heterocycles. The Labute approximate surface area is 105 Å². The third kappa shape index (κ3) is 7.12. The summed E-state index contributed by atoms with van der Waals surface area (Å²) in [6.07, 6.45) is 7.60. The maximum atomic E-state index is 8.55. The summed E-state index contributed by atoms with van der Waals surface area (Å²) < 4.78 is 4.64. The molecule has 0 saturated heterocycles. The van der Waals surface area contributed by atoms with Crippen LogP contribution in [0.2, 0.25) is 18.1 Å². The van der Waals surface area contributed by atoms with Gasteiger partial charge >= 0.3 is 7.32 Å². The zero-order valence-corrected chi connectivity index (χ0v) is 11.2. The van der Waals surface area contributed by atoms with Crippen LogP contribution in [0.3, 0.4) is 0 Å². The highest BCUT2D eigenvalue weighted by Gasteiger charge is 2.25. The molecule has 2 N–H and O–H groups in total. The fourth-order valence-corrected chi connectivity index (χ4v) is 4.99. The molecule has 0 aliphatic carbocycles. The van der Waals surface area contributed by atoms with Crippen molar-refractivity contribution in [3.05, 3.63) is 49.7 Å². The van der Waals surface area contributed by atoms with Crippen molar-refractivity contribution < 1.29 is 14.7 Å². The molecule has 0 unspecified atom stereocenters. The van der Waals surface area contributed by atoms with Crippen LogP contribution in [0, 0.1) is 0 Å². The second-order valence-corrected chi connectivity index (χ2v) is 8.19. The van der Waals surface area contributed by atoms with E-state index in [1.807, 2.05) is 24.3 Å². The first-order chi connectivity index (χ1) is 8.10. The van der Waals surface area contributed by atoms with E-state index >= 15 is 0 Å². The van der Waals surface area contributed by atoms with Gasteiger partial charge in [-0.2, -0.15) is 0 Å². The Morgan fingerprint density at radius 2 is 1.47 bits per heavy atom. The highest BCUT2D eigenvalue weighted by molar-refractivity contribution is 6.85. The molecular weight excluding hydrogens is 231 g/mol. The van der Waals surface area contributed by atoms with Crippen molar-refractivity contribution in [3.63, 3.8) is 0 Å². The van der Waals surface area contributed by atoms with Gasteiger partial charge in [-0.1, -0.05) is 30.0 Å². The first-order valence-corrected chi connectivity index (χ1v) is 8.28. The van der Waals surface area contributed by atoms with Gasteiger partial charge in [-0.25, -0.2) is 0 Å². The van der Waals surface area contributed by atoms with Crippen LogP contribution < -0.4 is 0 Å². The largest absolute Gasteiger partial charge is 0.634 e. The topological polar surface area (TPSA) is 49.7 Å². The van der Waals surface area contributed by atoms with Crippen molar-refractivity contribution in [1.82, 2.24) is 0 Å². The molecule has 0 radical (unpaired) electrons. The lowest BCUT2D eigenvalue weighted by atomic mass is 10.3. The Hall–Kier alpha value is -0.878. The Bertz CT molecular complexity index is 250. The van der Waals surface area contributed by atoms with Crippen LogP contribution in [-0.4, -0.2) is 32.1 Å². The van der Waals surface area contributed by atoms with Crippen LogP contribution in [0.1, 0.15) is 0 Å². The van der Waals surface area contributed by atoms with Gasteiger partial charge in [0.05, 0.1) is 14.7 Å². The molecule has 0 atom stereocenters. The van der Waals surface area contributed by atoms with Gasteiger partial charge in [-0.05, 0) is 18.1 Å². The molecule has 0 saturated carbocycles. The number of allylic oxidation sites excluding steroid dienone is 3. The molecule has 94 valence electrons. The lowest BCUT2D eigenvalue weighted by Crippen LogP contribution is -2.30. The van der Waals surface area contributed by atoms with E-state index in [2.05, 4.69) is 30.1 Å². The van der Waals surface area contributed by atoms with E-state index in [-0.39, 0.29) is 6.61 Å². The highest BCUT2D eigenvalue weighted by Crippen LogP contribution is 2.24. The Balaban J connectivity index is 4.57. The standard InChI is InChI=1S/C12H21BO3Si/c1-4-9-17(10-5-2,11-6-3)12-7-8-16-13(14)15/h4-7,12,14-15H,1-3,8-11H2. The molecule has 0 aliphatic rings. The molecule has 0 aromatic rings. The molecule has 5 heteroatoms. The lowest BCUT2D eigenvalue weighted by molar-refractivity contribution is 0.206. The predicted octanol–water partition coefficient (Wildman–Crippen LogP) is 2.07. The minimum absolute atomic E-state index is 0.192. The molecule has 0 rings (SSSR count). The van der Waals surface area contributed by atoms with Crippen molar-refractivity contribution in [2.45, 2.75) is 18.1 Å². The van der Waals surface area contributed by atoms with Gasteiger partial charge in [-0.15, -0.1) is 19.7 Å². The van der Waals surface area contributed by atoms with Gasteiger partial charge in [0.15, 0.2) is 0 Å². The summed E-state index contributed by atoms with van der Waals surface area (Å²) in [5, 5.41) is 17.1. The molecule has 0 fully saturated rings. The van der Waals surface area contributed by atoms with Gasteiger partial charge in [0.25, 0.3) is 0 Å². The summed E-state index contributed by atoms with van der Waals surface area (Å²) in [5.74, 6) is 0. The fraction of sp³-hybridized carbons (Fsp3) is 0.333. The van der Waals surface area contributed by atoms with E-state index in [1.54, 1.807) is 0 Å². The van der Waals surface area contributed by atoms with Crippen molar-refractivity contribution in [1.29, 1.82) is 0 Å². The van der Waals surface area contributed by atoms with E-state index in [1.165, 1.54) is 0 Å². The Morgan fingerprint density at radius 3 is 1.82 bits per heavy atom. The Morgan fingerprint density at radius 1 is 1.00 bits per heavy atom. The Kier molecular flexibility index (Phi) is 8.71. The molecule has 0 bridgehead atoms. The molecule has 17 heavy (non-hydrogen) atoms. The third-order valence-electron chi connectivity index (χ3n) is 2.47. The third-order valence-corrected chi connectivity index (χ3v) is 6.71. The molecular formula is C12H21BO3Si. The zero-order valence-electron chi connectivity index (χ0n) is 10.2. The van der Waals surface area contributed by atoms with Gasteiger partial charge in [0.2, 0.25) is 0 Å². The van der Waals surface area contributed by atoms with E-state index < -0.39 is 15.4 Å². The zero-order chi connectivity index (χ0) is 13.1. The quantitative estimate of drug-likeness (QED) is 0.462. The SMILES string of the molecule is C=CC[Si](C=CCOB(O)O)(CC=C)CC=C. The molecule has 0 aliphatic heterocycles. The maximum Gasteiger partial charge on any atom is 0.634 e. The lowest BCUT2D eigenvalue weighted by Gasteiger charge is -2.24. The van der Waals surface area contributed by atoms with Gasteiger partial charge in [0.1, 0.15) is 0 Å².